The maximum atomic E-state index is 13.0. The summed E-state index contributed by atoms with van der Waals surface area (Å²) in [5.74, 6) is -2.00. The molecule has 3 aromatic rings. The number of anilines is 1. The number of sulfonamides is 1. The van der Waals surface area contributed by atoms with E-state index in [-0.39, 0.29) is 29.0 Å². The molecule has 39 heavy (non-hydrogen) atoms. The van der Waals surface area contributed by atoms with Gasteiger partial charge in [-0.3, -0.25) is 19.2 Å². The summed E-state index contributed by atoms with van der Waals surface area (Å²) in [6.45, 7) is 2.47. The van der Waals surface area contributed by atoms with Crippen molar-refractivity contribution in [3.63, 3.8) is 0 Å². The monoisotopic (exact) mass is 653 g/mol. The highest BCUT2D eigenvalue weighted by molar-refractivity contribution is 9.10. The Bertz CT molecular complexity index is 1420. The Morgan fingerprint density at radius 2 is 1.54 bits per heavy atom. The quantitative estimate of drug-likeness (QED) is 0.269. The SMILES string of the molecule is CC(NC(=O)c1cc(Br)cc(NS(=O)(=O)CC2CN(C(c3ccc(Cl)cc3)c3ccc(Cl)cc3)C2)c1)C(=O)O. The van der Waals surface area contributed by atoms with Crippen LogP contribution in [0.25, 0.3) is 0 Å². The highest BCUT2D eigenvalue weighted by atomic mass is 79.9. The van der Waals surface area contributed by atoms with Crippen LogP contribution in [-0.4, -0.2) is 55.2 Å². The number of amides is 1. The molecule has 8 nitrogen and oxygen atoms in total. The summed E-state index contributed by atoms with van der Waals surface area (Å²) in [6, 6.07) is 18.4. The molecule has 1 heterocycles. The number of hydrogen-bond donors (Lipinski definition) is 3. The van der Waals surface area contributed by atoms with E-state index >= 15 is 0 Å². The lowest BCUT2D eigenvalue weighted by Crippen LogP contribution is -2.51. The van der Waals surface area contributed by atoms with E-state index in [0.717, 1.165) is 11.1 Å². The van der Waals surface area contributed by atoms with Crippen LogP contribution >= 0.6 is 39.1 Å². The Kier molecular flexibility index (Phi) is 9.23. The number of carboxylic acid groups (broad SMARTS) is 1. The number of likely N-dealkylation sites (tertiary alicyclic amines) is 1. The number of rotatable bonds is 10. The van der Waals surface area contributed by atoms with E-state index in [1.807, 2.05) is 48.5 Å². The molecule has 0 bridgehead atoms. The molecule has 1 atom stereocenters. The number of carbonyl (C=O) groups excluding carboxylic acids is 1. The fourth-order valence-electron chi connectivity index (χ4n) is 4.48. The van der Waals surface area contributed by atoms with Gasteiger partial charge in [0.05, 0.1) is 17.5 Å². The second-order valence-electron chi connectivity index (χ2n) is 9.47. The van der Waals surface area contributed by atoms with Gasteiger partial charge in [-0.05, 0) is 60.5 Å². The first kappa shape index (κ1) is 29.4. The summed E-state index contributed by atoms with van der Waals surface area (Å²) in [7, 11) is -3.74. The van der Waals surface area contributed by atoms with E-state index < -0.39 is 27.9 Å². The molecule has 1 saturated heterocycles. The number of carboxylic acids is 1. The van der Waals surface area contributed by atoms with Crippen LogP contribution in [-0.2, 0) is 14.8 Å². The van der Waals surface area contributed by atoms with Crippen molar-refractivity contribution in [3.8, 4) is 0 Å². The summed E-state index contributed by atoms with van der Waals surface area (Å²) >= 11 is 15.5. The Labute approximate surface area is 245 Å². The average molecular weight is 655 g/mol. The molecule has 0 saturated carbocycles. The standard InChI is InChI=1S/C27H26BrCl2N3O5S/c1-16(27(35)36)31-26(34)20-10-21(28)12-24(11-20)32-39(37,38)15-17-13-33(14-17)25(18-2-6-22(29)7-3-18)19-4-8-23(30)9-5-19/h2-12,16-17,25,32H,13-15H2,1H3,(H,31,34)(H,35,36). The first-order chi connectivity index (χ1) is 18.4. The molecule has 0 aromatic heterocycles. The Balaban J connectivity index is 1.43. The van der Waals surface area contributed by atoms with Crippen LogP contribution in [0.15, 0.2) is 71.2 Å². The third-order valence-electron chi connectivity index (χ3n) is 6.33. The highest BCUT2D eigenvalue weighted by Gasteiger charge is 2.36. The van der Waals surface area contributed by atoms with Crippen LogP contribution in [0.2, 0.25) is 10.0 Å². The van der Waals surface area contributed by atoms with Crippen molar-refractivity contribution in [2.45, 2.75) is 19.0 Å². The molecular weight excluding hydrogens is 629 g/mol. The third kappa shape index (κ3) is 7.73. The first-order valence-corrected chi connectivity index (χ1v) is 15.2. The van der Waals surface area contributed by atoms with Crippen molar-refractivity contribution >= 4 is 66.7 Å². The Morgan fingerprint density at radius 3 is 2.05 bits per heavy atom. The van der Waals surface area contributed by atoms with Crippen molar-refractivity contribution in [3.05, 3.63) is 97.9 Å². The van der Waals surface area contributed by atoms with Crippen LogP contribution in [0.1, 0.15) is 34.5 Å². The maximum Gasteiger partial charge on any atom is 0.325 e. The summed E-state index contributed by atoms with van der Waals surface area (Å²) in [4.78, 5) is 25.7. The summed E-state index contributed by atoms with van der Waals surface area (Å²) in [6.07, 6.45) is 0. The van der Waals surface area contributed by atoms with E-state index in [9.17, 15) is 18.0 Å². The number of carbonyl (C=O) groups is 2. The number of halogens is 3. The van der Waals surface area contributed by atoms with Crippen LogP contribution in [0.5, 0.6) is 0 Å². The van der Waals surface area contributed by atoms with Gasteiger partial charge in [0.1, 0.15) is 6.04 Å². The Morgan fingerprint density at radius 1 is 1.00 bits per heavy atom. The molecule has 1 fully saturated rings. The van der Waals surface area contributed by atoms with E-state index in [0.29, 0.717) is 27.6 Å². The predicted molar refractivity (Wildman–Crippen MR) is 156 cm³/mol. The fourth-order valence-corrected chi connectivity index (χ4v) is 6.62. The molecule has 3 aromatic carbocycles. The van der Waals surface area contributed by atoms with Gasteiger partial charge in [0.25, 0.3) is 5.91 Å². The van der Waals surface area contributed by atoms with E-state index in [1.54, 1.807) is 6.07 Å². The van der Waals surface area contributed by atoms with Gasteiger partial charge in [0.2, 0.25) is 10.0 Å². The molecule has 206 valence electrons. The molecule has 4 rings (SSSR count). The minimum absolute atomic E-state index is 0.0780. The predicted octanol–water partition coefficient (Wildman–Crippen LogP) is 5.42. The zero-order chi connectivity index (χ0) is 28.3. The van der Waals surface area contributed by atoms with Crippen LogP contribution < -0.4 is 10.0 Å². The van der Waals surface area contributed by atoms with E-state index in [2.05, 4.69) is 30.9 Å². The van der Waals surface area contributed by atoms with Crippen molar-refractivity contribution in [1.82, 2.24) is 10.2 Å². The summed E-state index contributed by atoms with van der Waals surface area (Å²) < 4.78 is 29.0. The number of nitrogens with zero attached hydrogens (tertiary/aromatic N) is 1. The molecule has 1 aliphatic rings. The van der Waals surface area contributed by atoms with Crippen molar-refractivity contribution < 1.29 is 23.1 Å². The number of hydrogen-bond acceptors (Lipinski definition) is 5. The molecule has 12 heteroatoms. The molecule has 0 spiro atoms. The van der Waals surface area contributed by atoms with Crippen molar-refractivity contribution in [1.29, 1.82) is 0 Å². The van der Waals surface area contributed by atoms with Gasteiger partial charge >= 0.3 is 5.97 Å². The fraction of sp³-hybridized carbons (Fsp3) is 0.259. The molecule has 1 unspecified atom stereocenters. The summed E-state index contributed by atoms with van der Waals surface area (Å²) in [5.41, 5.74) is 2.41. The second kappa shape index (κ2) is 12.3. The van der Waals surface area contributed by atoms with E-state index in [1.165, 1.54) is 19.1 Å². The van der Waals surface area contributed by atoms with Gasteiger partial charge in [0.15, 0.2) is 0 Å². The molecule has 0 radical (unpaired) electrons. The van der Waals surface area contributed by atoms with Gasteiger partial charge in [-0.1, -0.05) is 63.4 Å². The minimum Gasteiger partial charge on any atom is -0.480 e. The van der Waals surface area contributed by atoms with Gasteiger partial charge in [-0.25, -0.2) is 8.42 Å². The zero-order valence-corrected chi connectivity index (χ0v) is 24.7. The molecule has 1 amide bonds. The van der Waals surface area contributed by atoms with Gasteiger partial charge < -0.3 is 10.4 Å². The number of benzene rings is 3. The van der Waals surface area contributed by atoms with Gasteiger partial charge in [-0.2, -0.15) is 0 Å². The second-order valence-corrected chi connectivity index (χ2v) is 13.0. The van der Waals surface area contributed by atoms with Crippen molar-refractivity contribution in [2.75, 3.05) is 23.6 Å². The largest absolute Gasteiger partial charge is 0.480 e. The lowest BCUT2D eigenvalue weighted by molar-refractivity contribution is -0.138. The Hall–Kier alpha value is -2.63. The molecular formula is C27H26BrCl2N3O5S. The smallest absolute Gasteiger partial charge is 0.325 e. The van der Waals surface area contributed by atoms with E-state index in [4.69, 9.17) is 28.3 Å². The van der Waals surface area contributed by atoms with Crippen molar-refractivity contribution in [2.24, 2.45) is 5.92 Å². The maximum absolute atomic E-state index is 13.0. The first-order valence-electron chi connectivity index (χ1n) is 12.0. The number of aliphatic carboxylic acids is 1. The highest BCUT2D eigenvalue weighted by Crippen LogP contribution is 2.36. The van der Waals surface area contributed by atoms with Gasteiger partial charge in [-0.15, -0.1) is 0 Å². The zero-order valence-electron chi connectivity index (χ0n) is 20.8. The van der Waals surface area contributed by atoms with Crippen LogP contribution in [0, 0.1) is 5.92 Å². The topological polar surface area (TPSA) is 116 Å². The van der Waals surface area contributed by atoms with Crippen LogP contribution in [0.4, 0.5) is 5.69 Å². The molecule has 1 aliphatic heterocycles. The third-order valence-corrected chi connectivity index (χ3v) is 8.75. The van der Waals surface area contributed by atoms with Crippen LogP contribution in [0.3, 0.4) is 0 Å². The molecule has 0 aliphatic carbocycles. The lowest BCUT2D eigenvalue weighted by atomic mass is 9.91. The lowest BCUT2D eigenvalue weighted by Gasteiger charge is -2.44. The van der Waals surface area contributed by atoms with Gasteiger partial charge in [0, 0.05) is 39.1 Å². The molecule has 3 N–H and O–H groups in total. The summed E-state index contributed by atoms with van der Waals surface area (Å²) in [5, 5.41) is 12.7. The normalized spacial score (nSPS) is 15.0. The number of nitrogens with one attached hydrogen (secondary N) is 2. The minimum atomic E-state index is -3.74. The average Bonchev–Trinajstić information content (AvgIpc) is 2.83.